The Hall–Kier alpha value is -1.23. The van der Waals surface area contributed by atoms with Crippen LogP contribution in [-0.4, -0.2) is 35.0 Å². The molecule has 1 fully saturated rings. The van der Waals surface area contributed by atoms with Crippen molar-refractivity contribution in [2.75, 3.05) is 18.1 Å². The number of carbonyl (C=O) groups excluding carboxylic acids is 1. The highest BCUT2D eigenvalue weighted by atomic mass is 32.2. The predicted octanol–water partition coefficient (Wildman–Crippen LogP) is 2.92. The number of aromatic nitrogens is 1. The van der Waals surface area contributed by atoms with Gasteiger partial charge in [-0.2, -0.15) is 11.8 Å². The Kier molecular flexibility index (Phi) is 5.71. The number of nitrogens with one attached hydrogen (secondary N) is 2. The first kappa shape index (κ1) is 15.2. The third-order valence-electron chi connectivity index (χ3n) is 3.70. The first-order valence-electron chi connectivity index (χ1n) is 7.28. The van der Waals surface area contributed by atoms with E-state index in [0.29, 0.717) is 10.9 Å². The van der Waals surface area contributed by atoms with Crippen LogP contribution >= 0.6 is 11.8 Å². The first-order chi connectivity index (χ1) is 9.74. The van der Waals surface area contributed by atoms with Gasteiger partial charge in [0.05, 0.1) is 11.9 Å². The zero-order chi connectivity index (χ0) is 14.4. The molecular weight excluding hydrogens is 270 g/mol. The van der Waals surface area contributed by atoms with Gasteiger partial charge in [0.25, 0.3) is 5.91 Å². The number of anilines is 1. The summed E-state index contributed by atoms with van der Waals surface area (Å²) < 4.78 is 0. The van der Waals surface area contributed by atoms with Gasteiger partial charge in [-0.25, -0.2) is 4.98 Å². The van der Waals surface area contributed by atoms with E-state index < -0.39 is 0 Å². The lowest BCUT2D eigenvalue weighted by atomic mass is 9.95. The van der Waals surface area contributed by atoms with Gasteiger partial charge in [-0.15, -0.1) is 0 Å². The number of carbonyl (C=O) groups is 1. The molecule has 1 saturated carbocycles. The number of hydrogen-bond acceptors (Lipinski definition) is 4. The first-order valence-corrected chi connectivity index (χ1v) is 8.57. The molecule has 2 rings (SSSR count). The molecule has 5 heteroatoms. The van der Waals surface area contributed by atoms with Crippen molar-refractivity contribution in [2.24, 2.45) is 0 Å². The Balaban J connectivity index is 1.96. The summed E-state index contributed by atoms with van der Waals surface area (Å²) in [5, 5.41) is 6.85. The number of nitrogens with zero attached hydrogens (tertiary/aromatic N) is 1. The molecule has 2 atom stereocenters. The molecule has 0 bridgehead atoms. The molecule has 0 spiro atoms. The zero-order valence-corrected chi connectivity index (χ0v) is 13.0. The van der Waals surface area contributed by atoms with E-state index in [1.54, 1.807) is 12.3 Å². The Bertz CT molecular complexity index is 435. The normalized spacial score (nSPS) is 22.3. The summed E-state index contributed by atoms with van der Waals surface area (Å²) in [6.45, 7) is 2.89. The van der Waals surface area contributed by atoms with Crippen LogP contribution in [-0.2, 0) is 0 Å². The minimum absolute atomic E-state index is 0.0565. The molecule has 0 aromatic carbocycles. The van der Waals surface area contributed by atoms with Crippen LogP contribution in [0.25, 0.3) is 0 Å². The summed E-state index contributed by atoms with van der Waals surface area (Å²) in [5.74, 6) is -0.0565. The van der Waals surface area contributed by atoms with E-state index in [1.165, 1.54) is 19.3 Å². The van der Waals surface area contributed by atoms with Crippen molar-refractivity contribution in [3.8, 4) is 0 Å². The minimum Gasteiger partial charge on any atom is -0.384 e. The van der Waals surface area contributed by atoms with Gasteiger partial charge in [0.2, 0.25) is 0 Å². The second-order valence-electron chi connectivity index (χ2n) is 5.10. The van der Waals surface area contributed by atoms with Gasteiger partial charge in [0.15, 0.2) is 0 Å². The Morgan fingerprint density at radius 3 is 2.85 bits per heavy atom. The van der Waals surface area contributed by atoms with Crippen LogP contribution in [0.2, 0.25) is 0 Å². The van der Waals surface area contributed by atoms with Crippen LogP contribution in [0, 0.1) is 0 Å². The predicted molar refractivity (Wildman–Crippen MR) is 85.4 cm³/mol. The summed E-state index contributed by atoms with van der Waals surface area (Å²) in [6.07, 6.45) is 8.58. The fourth-order valence-corrected chi connectivity index (χ4v) is 3.56. The van der Waals surface area contributed by atoms with Gasteiger partial charge in [-0.05, 0) is 38.2 Å². The molecular formula is C15H23N3OS. The van der Waals surface area contributed by atoms with Crippen molar-refractivity contribution >= 4 is 23.4 Å². The molecule has 110 valence electrons. The molecule has 2 unspecified atom stereocenters. The van der Waals surface area contributed by atoms with Crippen molar-refractivity contribution < 1.29 is 4.79 Å². The lowest BCUT2D eigenvalue weighted by molar-refractivity contribution is 0.0924. The van der Waals surface area contributed by atoms with E-state index in [0.717, 1.165) is 18.7 Å². The summed E-state index contributed by atoms with van der Waals surface area (Å²) in [6, 6.07) is 3.96. The maximum atomic E-state index is 12.2. The minimum atomic E-state index is -0.0565. The molecule has 20 heavy (non-hydrogen) atoms. The number of rotatable bonds is 5. The third kappa shape index (κ3) is 3.88. The largest absolute Gasteiger partial charge is 0.384 e. The molecule has 1 aliphatic carbocycles. The highest BCUT2D eigenvalue weighted by Crippen LogP contribution is 2.27. The number of thioether (sulfide) groups is 1. The van der Waals surface area contributed by atoms with Gasteiger partial charge in [-0.1, -0.05) is 12.8 Å². The second-order valence-corrected chi connectivity index (χ2v) is 6.18. The van der Waals surface area contributed by atoms with Crippen molar-refractivity contribution in [3.63, 3.8) is 0 Å². The van der Waals surface area contributed by atoms with Crippen LogP contribution in [0.1, 0.15) is 43.1 Å². The fraction of sp³-hybridized carbons (Fsp3) is 0.600. The van der Waals surface area contributed by atoms with Gasteiger partial charge < -0.3 is 10.6 Å². The molecule has 0 saturated heterocycles. The zero-order valence-electron chi connectivity index (χ0n) is 12.2. The van der Waals surface area contributed by atoms with Gasteiger partial charge in [0, 0.05) is 17.8 Å². The quantitative estimate of drug-likeness (QED) is 0.876. The lowest BCUT2D eigenvalue weighted by Gasteiger charge is -2.30. The molecule has 1 aromatic heterocycles. The second kappa shape index (κ2) is 7.53. The molecule has 4 nitrogen and oxygen atoms in total. The lowest BCUT2D eigenvalue weighted by Crippen LogP contribution is -2.43. The number of amides is 1. The fourth-order valence-electron chi connectivity index (χ4n) is 2.62. The summed E-state index contributed by atoms with van der Waals surface area (Å²) in [4.78, 5) is 16.5. The van der Waals surface area contributed by atoms with Crippen LogP contribution in [0.5, 0.6) is 0 Å². The Labute approximate surface area is 125 Å². The molecule has 1 amide bonds. The van der Waals surface area contributed by atoms with E-state index in [9.17, 15) is 4.79 Å². The third-order valence-corrected chi connectivity index (χ3v) is 4.87. The van der Waals surface area contributed by atoms with Crippen molar-refractivity contribution in [2.45, 2.75) is 43.9 Å². The SMILES string of the molecule is CCNc1ccc(C(=O)NC2CCCCC2SC)nc1. The average Bonchev–Trinajstić information content (AvgIpc) is 2.49. The molecule has 0 aliphatic heterocycles. The maximum absolute atomic E-state index is 12.2. The van der Waals surface area contributed by atoms with Crippen LogP contribution in [0.15, 0.2) is 18.3 Å². The molecule has 1 heterocycles. The van der Waals surface area contributed by atoms with Crippen molar-refractivity contribution in [1.82, 2.24) is 10.3 Å². The Morgan fingerprint density at radius 2 is 2.20 bits per heavy atom. The van der Waals surface area contributed by atoms with E-state index in [4.69, 9.17) is 0 Å². The van der Waals surface area contributed by atoms with Crippen LogP contribution < -0.4 is 10.6 Å². The standard InChI is InChI=1S/C15H23N3OS/c1-3-16-11-8-9-13(17-10-11)15(19)18-12-6-4-5-7-14(12)20-2/h8-10,12,14,16H,3-7H2,1-2H3,(H,18,19). The molecule has 1 aliphatic rings. The monoisotopic (exact) mass is 293 g/mol. The molecule has 0 radical (unpaired) electrons. The maximum Gasteiger partial charge on any atom is 0.270 e. The number of hydrogen-bond donors (Lipinski definition) is 2. The molecule has 2 N–H and O–H groups in total. The van der Waals surface area contributed by atoms with Gasteiger partial charge in [-0.3, -0.25) is 4.79 Å². The van der Waals surface area contributed by atoms with Crippen LogP contribution in [0.3, 0.4) is 0 Å². The highest BCUT2D eigenvalue weighted by molar-refractivity contribution is 7.99. The average molecular weight is 293 g/mol. The summed E-state index contributed by atoms with van der Waals surface area (Å²) in [7, 11) is 0. The van der Waals surface area contributed by atoms with Crippen molar-refractivity contribution in [3.05, 3.63) is 24.0 Å². The smallest absolute Gasteiger partial charge is 0.270 e. The molecule has 1 aromatic rings. The van der Waals surface area contributed by atoms with Crippen molar-refractivity contribution in [1.29, 1.82) is 0 Å². The topological polar surface area (TPSA) is 54.0 Å². The van der Waals surface area contributed by atoms with Gasteiger partial charge in [0.1, 0.15) is 5.69 Å². The number of pyridine rings is 1. The van der Waals surface area contributed by atoms with Gasteiger partial charge >= 0.3 is 0 Å². The highest BCUT2D eigenvalue weighted by Gasteiger charge is 2.26. The Morgan fingerprint density at radius 1 is 1.40 bits per heavy atom. The van der Waals surface area contributed by atoms with E-state index >= 15 is 0 Å². The van der Waals surface area contributed by atoms with E-state index in [1.807, 2.05) is 24.8 Å². The van der Waals surface area contributed by atoms with E-state index in [2.05, 4.69) is 21.9 Å². The van der Waals surface area contributed by atoms with Crippen LogP contribution in [0.4, 0.5) is 5.69 Å². The summed E-state index contributed by atoms with van der Waals surface area (Å²) >= 11 is 1.85. The summed E-state index contributed by atoms with van der Waals surface area (Å²) in [5.41, 5.74) is 1.45. The van der Waals surface area contributed by atoms with E-state index in [-0.39, 0.29) is 11.9 Å².